The predicted octanol–water partition coefficient (Wildman–Crippen LogP) is 0.483. The molecular weight excluding hydrogens is 302 g/mol. The van der Waals surface area contributed by atoms with Crippen molar-refractivity contribution in [3.8, 4) is 0 Å². The van der Waals surface area contributed by atoms with Gasteiger partial charge >= 0.3 is 0 Å². The van der Waals surface area contributed by atoms with Gasteiger partial charge in [0.2, 0.25) is 15.9 Å². The molecule has 1 saturated heterocycles. The highest BCUT2D eigenvalue weighted by molar-refractivity contribution is 7.89. The van der Waals surface area contributed by atoms with Crippen LogP contribution in [0.25, 0.3) is 0 Å². The van der Waals surface area contributed by atoms with Gasteiger partial charge in [0.1, 0.15) is 0 Å². The van der Waals surface area contributed by atoms with Gasteiger partial charge in [-0.15, -0.1) is 0 Å². The molecular formula is C15H21N3O3S. The normalized spacial score (nSPS) is 21.1. The first kappa shape index (κ1) is 15.5. The van der Waals surface area contributed by atoms with E-state index >= 15 is 0 Å². The minimum Gasteiger partial charge on any atom is -0.316 e. The summed E-state index contributed by atoms with van der Waals surface area (Å²) in [6.07, 6.45) is 1.77. The van der Waals surface area contributed by atoms with Gasteiger partial charge in [-0.2, -0.15) is 0 Å². The second kappa shape index (κ2) is 5.98. The van der Waals surface area contributed by atoms with Crippen molar-refractivity contribution < 1.29 is 13.2 Å². The quantitative estimate of drug-likeness (QED) is 0.845. The van der Waals surface area contributed by atoms with E-state index in [1.165, 1.54) is 6.92 Å². The number of anilines is 1. The maximum absolute atomic E-state index is 12.4. The van der Waals surface area contributed by atoms with Crippen LogP contribution >= 0.6 is 0 Å². The lowest BCUT2D eigenvalue weighted by Gasteiger charge is -2.16. The summed E-state index contributed by atoms with van der Waals surface area (Å²) < 4.78 is 27.5. The molecule has 3 rings (SSSR count). The Labute approximate surface area is 130 Å². The van der Waals surface area contributed by atoms with Gasteiger partial charge < -0.3 is 10.2 Å². The van der Waals surface area contributed by atoms with Gasteiger partial charge in [-0.1, -0.05) is 6.07 Å². The monoisotopic (exact) mass is 323 g/mol. The first-order chi connectivity index (χ1) is 10.5. The molecule has 1 unspecified atom stereocenters. The third-order valence-electron chi connectivity index (χ3n) is 4.37. The van der Waals surface area contributed by atoms with Crippen molar-refractivity contribution in [2.45, 2.75) is 24.7 Å². The van der Waals surface area contributed by atoms with Crippen LogP contribution in [0.1, 0.15) is 18.9 Å². The molecule has 1 atom stereocenters. The zero-order valence-electron chi connectivity index (χ0n) is 12.6. The van der Waals surface area contributed by atoms with Crippen molar-refractivity contribution in [2.24, 2.45) is 5.92 Å². The zero-order valence-corrected chi connectivity index (χ0v) is 13.4. The average Bonchev–Trinajstić information content (AvgIpc) is 3.13. The van der Waals surface area contributed by atoms with Gasteiger partial charge in [0.05, 0.1) is 4.90 Å². The van der Waals surface area contributed by atoms with Crippen LogP contribution in [0.2, 0.25) is 0 Å². The van der Waals surface area contributed by atoms with E-state index in [1.807, 2.05) is 6.07 Å². The van der Waals surface area contributed by atoms with Crippen molar-refractivity contribution in [3.05, 3.63) is 23.8 Å². The molecule has 1 aromatic rings. The molecule has 0 spiro atoms. The van der Waals surface area contributed by atoms with E-state index in [0.29, 0.717) is 19.0 Å². The molecule has 6 nitrogen and oxygen atoms in total. The standard InChI is InChI=1S/C15H21N3O3S/c1-11(19)18-7-5-13-2-3-14(8-15(13)18)22(20,21)17-10-12-4-6-16-9-12/h2-3,8,12,16-17H,4-7,9-10H2,1H3. The Morgan fingerprint density at radius 3 is 2.95 bits per heavy atom. The fourth-order valence-corrected chi connectivity index (χ4v) is 4.19. The summed E-state index contributed by atoms with van der Waals surface area (Å²) >= 11 is 0. The van der Waals surface area contributed by atoms with Crippen LogP contribution in [0.15, 0.2) is 23.1 Å². The van der Waals surface area contributed by atoms with Crippen LogP contribution in [0.3, 0.4) is 0 Å². The van der Waals surface area contributed by atoms with E-state index in [9.17, 15) is 13.2 Å². The number of fused-ring (bicyclic) bond motifs is 1. The minimum atomic E-state index is -3.53. The number of rotatable bonds is 4. The van der Waals surface area contributed by atoms with Crippen molar-refractivity contribution >= 4 is 21.6 Å². The van der Waals surface area contributed by atoms with Gasteiger partial charge in [0.25, 0.3) is 0 Å². The molecule has 0 bridgehead atoms. The molecule has 120 valence electrons. The molecule has 1 amide bonds. The number of carbonyl (C=O) groups excluding carboxylic acids is 1. The molecule has 1 aromatic carbocycles. The first-order valence-corrected chi connectivity index (χ1v) is 9.07. The van der Waals surface area contributed by atoms with E-state index in [0.717, 1.165) is 37.2 Å². The van der Waals surface area contributed by atoms with Crippen LogP contribution < -0.4 is 14.9 Å². The molecule has 2 N–H and O–H groups in total. The smallest absolute Gasteiger partial charge is 0.240 e. The molecule has 0 saturated carbocycles. The number of hydrogen-bond acceptors (Lipinski definition) is 4. The molecule has 22 heavy (non-hydrogen) atoms. The molecule has 1 fully saturated rings. The van der Waals surface area contributed by atoms with Gasteiger partial charge in [-0.3, -0.25) is 4.79 Å². The zero-order chi connectivity index (χ0) is 15.7. The third-order valence-corrected chi connectivity index (χ3v) is 5.79. The van der Waals surface area contributed by atoms with E-state index in [4.69, 9.17) is 0 Å². The number of hydrogen-bond donors (Lipinski definition) is 2. The summed E-state index contributed by atoms with van der Waals surface area (Å²) in [5.41, 5.74) is 1.74. The molecule has 2 aliphatic rings. The number of nitrogens with one attached hydrogen (secondary N) is 2. The maximum atomic E-state index is 12.4. The van der Waals surface area contributed by atoms with Gasteiger partial charge in [-0.05, 0) is 49.5 Å². The SMILES string of the molecule is CC(=O)N1CCc2ccc(S(=O)(=O)NCC3CCNC3)cc21. The van der Waals surface area contributed by atoms with E-state index in [2.05, 4.69) is 10.0 Å². The molecule has 0 aliphatic carbocycles. The summed E-state index contributed by atoms with van der Waals surface area (Å²) in [6, 6.07) is 5.04. The fourth-order valence-electron chi connectivity index (χ4n) is 3.05. The van der Waals surface area contributed by atoms with E-state index in [-0.39, 0.29) is 10.8 Å². The Morgan fingerprint density at radius 1 is 1.45 bits per heavy atom. The summed E-state index contributed by atoms with van der Waals surface area (Å²) in [5.74, 6) is 0.288. The lowest BCUT2D eigenvalue weighted by molar-refractivity contribution is -0.116. The number of sulfonamides is 1. The maximum Gasteiger partial charge on any atom is 0.240 e. The highest BCUT2D eigenvalue weighted by Gasteiger charge is 2.25. The van der Waals surface area contributed by atoms with Crippen molar-refractivity contribution in [2.75, 3.05) is 31.1 Å². The second-order valence-corrected chi connectivity index (χ2v) is 7.69. The average molecular weight is 323 g/mol. The van der Waals surface area contributed by atoms with Crippen LogP contribution in [0, 0.1) is 5.92 Å². The highest BCUT2D eigenvalue weighted by Crippen LogP contribution is 2.30. The molecule has 7 heteroatoms. The molecule has 2 heterocycles. The first-order valence-electron chi connectivity index (χ1n) is 7.59. The summed E-state index contributed by atoms with van der Waals surface area (Å²) in [4.78, 5) is 13.5. The van der Waals surface area contributed by atoms with Crippen LogP contribution in [0.4, 0.5) is 5.69 Å². The van der Waals surface area contributed by atoms with E-state index < -0.39 is 10.0 Å². The fraction of sp³-hybridized carbons (Fsp3) is 0.533. The largest absolute Gasteiger partial charge is 0.316 e. The third kappa shape index (κ3) is 3.02. The number of carbonyl (C=O) groups is 1. The topological polar surface area (TPSA) is 78.5 Å². The summed E-state index contributed by atoms with van der Waals surface area (Å²) in [7, 11) is -3.53. The van der Waals surface area contributed by atoms with Gasteiger partial charge in [0, 0.05) is 25.7 Å². The minimum absolute atomic E-state index is 0.0571. The van der Waals surface area contributed by atoms with Gasteiger partial charge in [-0.25, -0.2) is 13.1 Å². The summed E-state index contributed by atoms with van der Waals surface area (Å²) in [5, 5.41) is 3.22. The molecule has 0 aromatic heterocycles. The molecule has 0 radical (unpaired) electrons. The van der Waals surface area contributed by atoms with Crippen molar-refractivity contribution in [1.29, 1.82) is 0 Å². The Bertz CT molecular complexity index is 681. The van der Waals surface area contributed by atoms with Crippen LogP contribution in [0.5, 0.6) is 0 Å². The van der Waals surface area contributed by atoms with E-state index in [1.54, 1.807) is 17.0 Å². The van der Waals surface area contributed by atoms with Crippen LogP contribution in [-0.2, 0) is 21.2 Å². The van der Waals surface area contributed by atoms with Crippen LogP contribution in [-0.4, -0.2) is 40.5 Å². The van der Waals surface area contributed by atoms with Gasteiger partial charge in [0.15, 0.2) is 0 Å². The number of nitrogens with zero attached hydrogens (tertiary/aromatic N) is 1. The summed E-state index contributed by atoms with van der Waals surface area (Å²) in [6.45, 7) is 4.36. The Kier molecular flexibility index (Phi) is 4.20. The Hall–Kier alpha value is -1.44. The highest BCUT2D eigenvalue weighted by atomic mass is 32.2. The van der Waals surface area contributed by atoms with Crippen molar-refractivity contribution in [1.82, 2.24) is 10.0 Å². The lowest BCUT2D eigenvalue weighted by atomic mass is 10.1. The lowest BCUT2D eigenvalue weighted by Crippen LogP contribution is -2.30. The predicted molar refractivity (Wildman–Crippen MR) is 84.3 cm³/mol. The Balaban J connectivity index is 1.79. The Morgan fingerprint density at radius 2 is 2.27 bits per heavy atom. The number of benzene rings is 1. The van der Waals surface area contributed by atoms with Crippen molar-refractivity contribution in [3.63, 3.8) is 0 Å². The number of amides is 1. The molecule has 2 aliphatic heterocycles. The second-order valence-electron chi connectivity index (χ2n) is 5.92.